The van der Waals surface area contributed by atoms with E-state index >= 15 is 0 Å². The molecule has 1 aliphatic heterocycles. The maximum Gasteiger partial charge on any atom is 0.337 e. The second-order valence-corrected chi connectivity index (χ2v) is 7.72. The molecule has 1 atom stereocenters. The minimum Gasteiger partial charge on any atom is -0.465 e. The highest BCUT2D eigenvalue weighted by atomic mass is 19.1. The predicted molar refractivity (Wildman–Crippen MR) is 119 cm³/mol. The molecular weight excluding hydrogens is 413 g/mol. The Morgan fingerprint density at radius 3 is 2.59 bits per heavy atom. The average molecular weight is 437 g/mol. The van der Waals surface area contributed by atoms with Gasteiger partial charge in [0.05, 0.1) is 24.6 Å². The number of methoxy groups -OCH3 is 1. The van der Waals surface area contributed by atoms with Gasteiger partial charge in [0.2, 0.25) is 5.95 Å². The molecule has 0 unspecified atom stereocenters. The number of pyridine rings is 1. The second-order valence-electron chi connectivity index (χ2n) is 7.72. The van der Waals surface area contributed by atoms with E-state index in [0.29, 0.717) is 31.1 Å². The number of benzene rings is 1. The van der Waals surface area contributed by atoms with Crippen molar-refractivity contribution in [1.82, 2.24) is 14.5 Å². The van der Waals surface area contributed by atoms with E-state index in [-0.39, 0.29) is 28.8 Å². The van der Waals surface area contributed by atoms with Gasteiger partial charge in [-0.2, -0.15) is 0 Å². The van der Waals surface area contributed by atoms with Gasteiger partial charge >= 0.3 is 5.97 Å². The van der Waals surface area contributed by atoms with Crippen LogP contribution in [0.1, 0.15) is 17.3 Å². The Kier molecular flexibility index (Phi) is 5.89. The third-order valence-corrected chi connectivity index (χ3v) is 5.70. The van der Waals surface area contributed by atoms with E-state index in [1.165, 1.54) is 30.0 Å². The number of hydrogen-bond donors (Lipinski definition) is 0. The highest BCUT2D eigenvalue weighted by Crippen LogP contribution is 2.25. The molecule has 0 saturated carbocycles. The lowest BCUT2D eigenvalue weighted by atomic mass is 10.1. The third-order valence-electron chi connectivity index (χ3n) is 5.70. The lowest BCUT2D eigenvalue weighted by molar-refractivity contribution is 0.0600. The topological polar surface area (TPSA) is 80.6 Å². The lowest BCUT2D eigenvalue weighted by Crippen LogP contribution is -2.53. The van der Waals surface area contributed by atoms with Crippen molar-refractivity contribution in [2.24, 2.45) is 7.05 Å². The zero-order valence-electron chi connectivity index (χ0n) is 18.2. The first-order chi connectivity index (χ1) is 15.4. The summed E-state index contributed by atoms with van der Waals surface area (Å²) in [7, 11) is 3.03. The molecule has 0 aliphatic carbocycles. The van der Waals surface area contributed by atoms with Crippen LogP contribution in [0.15, 0.2) is 53.6 Å². The van der Waals surface area contributed by atoms with Gasteiger partial charge in [-0.25, -0.2) is 14.2 Å². The molecular formula is C23H24FN5O3. The molecule has 0 bridgehead atoms. The summed E-state index contributed by atoms with van der Waals surface area (Å²) in [5.41, 5.74) is 1.78. The quantitative estimate of drug-likeness (QED) is 0.580. The van der Waals surface area contributed by atoms with E-state index in [2.05, 4.69) is 26.7 Å². The fourth-order valence-corrected chi connectivity index (χ4v) is 3.92. The van der Waals surface area contributed by atoms with Crippen LogP contribution in [0.4, 0.5) is 16.0 Å². The molecule has 8 nitrogen and oxygen atoms in total. The van der Waals surface area contributed by atoms with Gasteiger partial charge in [0.15, 0.2) is 5.82 Å². The molecule has 0 radical (unpaired) electrons. The van der Waals surface area contributed by atoms with Crippen molar-refractivity contribution < 1.29 is 13.9 Å². The predicted octanol–water partition coefficient (Wildman–Crippen LogP) is 2.48. The molecule has 4 rings (SSSR count). The largest absolute Gasteiger partial charge is 0.465 e. The number of carbonyl (C=O) groups is 1. The minimum atomic E-state index is -0.521. The maximum absolute atomic E-state index is 14.2. The van der Waals surface area contributed by atoms with Crippen molar-refractivity contribution in [3.63, 3.8) is 0 Å². The number of anilines is 2. The minimum absolute atomic E-state index is 0.0414. The van der Waals surface area contributed by atoms with Crippen LogP contribution in [0.5, 0.6) is 0 Å². The number of aromatic nitrogens is 3. The molecule has 1 fully saturated rings. The van der Waals surface area contributed by atoms with Crippen LogP contribution in [-0.2, 0) is 11.8 Å². The maximum atomic E-state index is 14.2. The van der Waals surface area contributed by atoms with E-state index in [0.717, 1.165) is 11.9 Å². The van der Waals surface area contributed by atoms with Crippen molar-refractivity contribution >= 4 is 17.6 Å². The molecule has 9 heteroatoms. The number of halogens is 1. The van der Waals surface area contributed by atoms with Gasteiger partial charge < -0.3 is 14.5 Å². The van der Waals surface area contributed by atoms with Gasteiger partial charge in [-0.3, -0.25) is 14.3 Å². The normalized spacial score (nSPS) is 16.2. The molecule has 3 aromatic rings. The fourth-order valence-electron chi connectivity index (χ4n) is 3.92. The molecule has 2 aromatic heterocycles. The van der Waals surface area contributed by atoms with Crippen molar-refractivity contribution in [1.29, 1.82) is 0 Å². The van der Waals surface area contributed by atoms with Crippen molar-refractivity contribution in [3.8, 4) is 11.3 Å². The van der Waals surface area contributed by atoms with Crippen LogP contribution in [0.3, 0.4) is 0 Å². The van der Waals surface area contributed by atoms with Crippen LogP contribution < -0.4 is 15.4 Å². The van der Waals surface area contributed by atoms with Gasteiger partial charge in [0, 0.05) is 56.2 Å². The van der Waals surface area contributed by atoms with E-state index in [1.54, 1.807) is 19.2 Å². The summed E-state index contributed by atoms with van der Waals surface area (Å²) in [6, 6.07) is 10.2. The number of piperazine rings is 1. The number of carbonyl (C=O) groups excluding carboxylic acids is 1. The molecule has 1 aromatic carbocycles. The first-order valence-electron chi connectivity index (χ1n) is 10.3. The molecule has 0 N–H and O–H groups in total. The smallest absolute Gasteiger partial charge is 0.337 e. The second kappa shape index (κ2) is 8.78. The van der Waals surface area contributed by atoms with Crippen molar-refractivity contribution in [2.45, 2.75) is 13.0 Å². The number of esters is 1. The Labute approximate surface area is 184 Å². The number of rotatable bonds is 4. The lowest BCUT2D eigenvalue weighted by Gasteiger charge is -2.42. The SMILES string of the molecule is COC(=O)c1ccc(N2CCN(c3nc(-c4ccncc4F)cc(=O)n3C)[C@H](C)C2)cc1. The zero-order chi connectivity index (χ0) is 22.8. The van der Waals surface area contributed by atoms with E-state index in [1.807, 2.05) is 12.1 Å². The fraction of sp³-hybridized carbons (Fsp3) is 0.304. The third kappa shape index (κ3) is 4.05. The standard InChI is InChI=1S/C23H24FN5O3/c1-15-14-28(17-6-4-16(5-7-17)22(31)32-3)10-11-29(15)23-26-20(12-21(30)27(23)2)18-8-9-25-13-19(18)24/h4-9,12-13,15H,10-11,14H2,1-3H3/t15-/m1/s1. The Morgan fingerprint density at radius 2 is 1.94 bits per heavy atom. The van der Waals surface area contributed by atoms with Gasteiger partial charge in [0.1, 0.15) is 0 Å². The van der Waals surface area contributed by atoms with Crippen LogP contribution in [0, 0.1) is 5.82 Å². The van der Waals surface area contributed by atoms with Crippen LogP contribution in [0.25, 0.3) is 11.3 Å². The molecule has 0 amide bonds. The van der Waals surface area contributed by atoms with Gasteiger partial charge in [-0.1, -0.05) is 0 Å². The molecule has 32 heavy (non-hydrogen) atoms. The van der Waals surface area contributed by atoms with E-state index in [9.17, 15) is 14.0 Å². The van der Waals surface area contributed by atoms with Crippen molar-refractivity contribution in [2.75, 3.05) is 36.5 Å². The van der Waals surface area contributed by atoms with Gasteiger partial charge in [0.25, 0.3) is 5.56 Å². The summed E-state index contributed by atoms with van der Waals surface area (Å²) >= 11 is 0. The summed E-state index contributed by atoms with van der Waals surface area (Å²) in [6.07, 6.45) is 2.59. The Hall–Kier alpha value is -3.75. The van der Waals surface area contributed by atoms with Gasteiger partial charge in [-0.15, -0.1) is 0 Å². The summed E-state index contributed by atoms with van der Waals surface area (Å²) in [5, 5.41) is 0. The highest BCUT2D eigenvalue weighted by molar-refractivity contribution is 5.89. The summed E-state index contributed by atoms with van der Waals surface area (Å²) < 4.78 is 20.5. The zero-order valence-corrected chi connectivity index (χ0v) is 18.2. The number of nitrogens with zero attached hydrogens (tertiary/aromatic N) is 5. The van der Waals surface area contributed by atoms with E-state index < -0.39 is 5.82 Å². The van der Waals surface area contributed by atoms with Crippen LogP contribution in [-0.4, -0.2) is 53.3 Å². The first kappa shape index (κ1) is 21.5. The molecule has 1 saturated heterocycles. The van der Waals surface area contributed by atoms with Crippen molar-refractivity contribution in [3.05, 3.63) is 70.5 Å². The average Bonchev–Trinajstić information content (AvgIpc) is 2.81. The Balaban J connectivity index is 1.58. The Bertz CT molecular complexity index is 1190. The molecule has 166 valence electrons. The monoisotopic (exact) mass is 437 g/mol. The highest BCUT2D eigenvalue weighted by Gasteiger charge is 2.27. The Morgan fingerprint density at radius 1 is 1.19 bits per heavy atom. The summed E-state index contributed by atoms with van der Waals surface area (Å²) in [4.78, 5) is 36.9. The van der Waals surface area contributed by atoms with Gasteiger partial charge in [-0.05, 0) is 37.3 Å². The molecule has 1 aliphatic rings. The number of hydrogen-bond acceptors (Lipinski definition) is 7. The molecule has 0 spiro atoms. The summed E-state index contributed by atoms with van der Waals surface area (Å²) in [6.45, 7) is 4.08. The first-order valence-corrected chi connectivity index (χ1v) is 10.3. The van der Waals surface area contributed by atoms with E-state index in [4.69, 9.17) is 4.74 Å². The number of ether oxygens (including phenoxy) is 1. The molecule has 3 heterocycles. The van der Waals surface area contributed by atoms with Crippen LogP contribution in [0.2, 0.25) is 0 Å². The summed E-state index contributed by atoms with van der Waals surface area (Å²) in [5.74, 6) is -0.392. The van der Waals surface area contributed by atoms with Crippen LogP contribution >= 0.6 is 0 Å².